The van der Waals surface area contributed by atoms with Crippen molar-refractivity contribution in [3.8, 4) is 0 Å². The van der Waals surface area contributed by atoms with E-state index in [1.165, 1.54) is 42.5 Å². The highest BCUT2D eigenvalue weighted by atomic mass is 35.5. The van der Waals surface area contributed by atoms with Crippen molar-refractivity contribution in [3.05, 3.63) is 70.8 Å². The van der Waals surface area contributed by atoms with Gasteiger partial charge in [-0.1, -0.05) is 17.7 Å². The fourth-order valence-corrected chi connectivity index (χ4v) is 1.96. The van der Waals surface area contributed by atoms with Crippen LogP contribution in [0.3, 0.4) is 0 Å². The van der Waals surface area contributed by atoms with Crippen molar-refractivity contribution in [2.24, 2.45) is 0 Å². The van der Waals surface area contributed by atoms with Crippen LogP contribution in [0.2, 0.25) is 5.02 Å². The molecule has 2 aromatic carbocycles. The summed E-state index contributed by atoms with van der Waals surface area (Å²) in [6, 6.07) is 9.22. The minimum Gasteiger partial charge on any atom is -0.452 e. The summed E-state index contributed by atoms with van der Waals surface area (Å²) in [6.45, 7) is -0.536. The molecule has 0 fully saturated rings. The molecule has 2 aromatic rings. The molecule has 0 spiro atoms. The van der Waals surface area contributed by atoms with Gasteiger partial charge in [0.25, 0.3) is 5.91 Å². The number of nitrogens with one attached hydrogen (secondary N) is 1. The molecule has 0 aliphatic carbocycles. The Bertz CT molecular complexity index is 756. The molecule has 24 heavy (non-hydrogen) atoms. The standard InChI is InChI=1S/C17H12ClF2NO3/c18-14-2-1-3-15(20)13(14)8-9-17(23)24-10-16(22)21-12-6-4-11(19)5-7-12/h1-9H,10H2,(H,21,22)/b9-8+. The highest BCUT2D eigenvalue weighted by molar-refractivity contribution is 6.32. The van der Waals surface area contributed by atoms with Crippen molar-refractivity contribution in [2.45, 2.75) is 0 Å². The van der Waals surface area contributed by atoms with Gasteiger partial charge in [0.1, 0.15) is 11.6 Å². The van der Waals surface area contributed by atoms with Crippen molar-refractivity contribution in [3.63, 3.8) is 0 Å². The number of carbonyl (C=O) groups excluding carboxylic acids is 2. The van der Waals surface area contributed by atoms with Crippen LogP contribution in [-0.4, -0.2) is 18.5 Å². The average molecular weight is 352 g/mol. The zero-order chi connectivity index (χ0) is 17.5. The minimum absolute atomic E-state index is 0.0480. The van der Waals surface area contributed by atoms with Crippen molar-refractivity contribution >= 4 is 35.2 Å². The largest absolute Gasteiger partial charge is 0.452 e. The second kappa shape index (κ2) is 8.21. The van der Waals surface area contributed by atoms with E-state index >= 15 is 0 Å². The second-order valence-electron chi connectivity index (χ2n) is 4.63. The van der Waals surface area contributed by atoms with Gasteiger partial charge in [0.2, 0.25) is 0 Å². The summed E-state index contributed by atoms with van der Waals surface area (Å²) in [7, 11) is 0. The highest BCUT2D eigenvalue weighted by Gasteiger charge is 2.07. The maximum atomic E-state index is 13.5. The lowest BCUT2D eigenvalue weighted by molar-refractivity contribution is -0.142. The molecule has 0 unspecified atom stereocenters. The summed E-state index contributed by atoms with van der Waals surface area (Å²) in [5.41, 5.74) is 0.415. The first kappa shape index (κ1) is 17.6. The van der Waals surface area contributed by atoms with Crippen LogP contribution in [-0.2, 0) is 14.3 Å². The van der Waals surface area contributed by atoms with E-state index in [0.29, 0.717) is 5.69 Å². The van der Waals surface area contributed by atoms with E-state index < -0.39 is 30.1 Å². The Morgan fingerprint density at radius 1 is 1.12 bits per heavy atom. The van der Waals surface area contributed by atoms with E-state index in [0.717, 1.165) is 12.2 Å². The fraction of sp³-hybridized carbons (Fsp3) is 0.0588. The minimum atomic E-state index is -0.830. The van der Waals surface area contributed by atoms with Gasteiger partial charge >= 0.3 is 5.97 Å². The number of esters is 1. The lowest BCUT2D eigenvalue weighted by Gasteiger charge is -2.05. The first-order valence-electron chi connectivity index (χ1n) is 6.80. The first-order chi connectivity index (χ1) is 11.5. The molecule has 0 saturated heterocycles. The Morgan fingerprint density at radius 3 is 2.50 bits per heavy atom. The maximum absolute atomic E-state index is 13.5. The van der Waals surface area contributed by atoms with Crippen LogP contribution in [0.25, 0.3) is 6.08 Å². The molecular formula is C17H12ClF2NO3. The quantitative estimate of drug-likeness (QED) is 0.658. The number of benzene rings is 2. The Kier molecular flexibility index (Phi) is 6.03. The topological polar surface area (TPSA) is 55.4 Å². The first-order valence-corrected chi connectivity index (χ1v) is 7.18. The van der Waals surface area contributed by atoms with E-state index in [4.69, 9.17) is 16.3 Å². The number of amides is 1. The summed E-state index contributed by atoms with van der Waals surface area (Å²) in [5.74, 6) is -2.44. The van der Waals surface area contributed by atoms with Gasteiger partial charge in [-0.25, -0.2) is 13.6 Å². The summed E-state index contributed by atoms with van der Waals surface area (Å²) in [4.78, 5) is 23.1. The van der Waals surface area contributed by atoms with Crippen LogP contribution in [0.15, 0.2) is 48.5 Å². The summed E-state index contributed by atoms with van der Waals surface area (Å²) < 4.78 is 31.0. The van der Waals surface area contributed by atoms with E-state index in [-0.39, 0.29) is 10.6 Å². The summed E-state index contributed by atoms with van der Waals surface area (Å²) in [5, 5.41) is 2.57. The Morgan fingerprint density at radius 2 is 1.83 bits per heavy atom. The fourth-order valence-electron chi connectivity index (χ4n) is 1.74. The molecule has 2 rings (SSSR count). The third kappa shape index (κ3) is 5.17. The van der Waals surface area contributed by atoms with Crippen LogP contribution in [0.4, 0.5) is 14.5 Å². The summed E-state index contributed by atoms with van der Waals surface area (Å²) in [6.07, 6.45) is 2.13. The lowest BCUT2D eigenvalue weighted by Crippen LogP contribution is -2.20. The van der Waals surface area contributed by atoms with Gasteiger partial charge in [-0.2, -0.15) is 0 Å². The number of ether oxygens (including phenoxy) is 1. The molecule has 0 aliphatic heterocycles. The third-order valence-electron chi connectivity index (χ3n) is 2.86. The lowest BCUT2D eigenvalue weighted by atomic mass is 10.2. The molecule has 7 heteroatoms. The van der Waals surface area contributed by atoms with Crippen LogP contribution in [0.1, 0.15) is 5.56 Å². The average Bonchev–Trinajstić information content (AvgIpc) is 2.54. The molecule has 124 valence electrons. The molecule has 4 nitrogen and oxygen atoms in total. The summed E-state index contributed by atoms with van der Waals surface area (Å²) >= 11 is 5.81. The second-order valence-corrected chi connectivity index (χ2v) is 5.04. The Balaban J connectivity index is 1.85. The number of halogens is 3. The third-order valence-corrected chi connectivity index (χ3v) is 3.19. The number of anilines is 1. The van der Waals surface area contributed by atoms with Gasteiger partial charge in [-0.15, -0.1) is 0 Å². The molecule has 0 saturated carbocycles. The van der Waals surface area contributed by atoms with Crippen LogP contribution >= 0.6 is 11.6 Å². The highest BCUT2D eigenvalue weighted by Crippen LogP contribution is 2.20. The van der Waals surface area contributed by atoms with Crippen LogP contribution in [0, 0.1) is 11.6 Å². The van der Waals surface area contributed by atoms with Gasteiger partial charge in [0.15, 0.2) is 6.61 Å². The molecule has 0 radical (unpaired) electrons. The van der Waals surface area contributed by atoms with Gasteiger partial charge in [-0.05, 0) is 42.5 Å². The molecular weight excluding hydrogens is 340 g/mol. The maximum Gasteiger partial charge on any atom is 0.331 e. The van der Waals surface area contributed by atoms with Crippen molar-refractivity contribution < 1.29 is 23.1 Å². The van der Waals surface area contributed by atoms with Gasteiger partial charge < -0.3 is 10.1 Å². The number of rotatable bonds is 5. The normalized spacial score (nSPS) is 10.6. The predicted molar refractivity (Wildman–Crippen MR) is 86.4 cm³/mol. The van der Waals surface area contributed by atoms with E-state index in [1.807, 2.05) is 0 Å². The Hall–Kier alpha value is -2.73. The number of hydrogen-bond acceptors (Lipinski definition) is 3. The van der Waals surface area contributed by atoms with Crippen molar-refractivity contribution in [1.29, 1.82) is 0 Å². The molecule has 0 aliphatic rings. The molecule has 0 heterocycles. The van der Waals surface area contributed by atoms with Crippen molar-refractivity contribution in [1.82, 2.24) is 0 Å². The zero-order valence-electron chi connectivity index (χ0n) is 12.3. The zero-order valence-corrected chi connectivity index (χ0v) is 13.0. The van der Waals surface area contributed by atoms with E-state index in [1.54, 1.807) is 0 Å². The molecule has 1 N–H and O–H groups in total. The Labute approximate surface area is 141 Å². The molecule has 1 amide bonds. The predicted octanol–water partition coefficient (Wildman–Crippen LogP) is 3.81. The molecule has 0 aromatic heterocycles. The monoisotopic (exact) mass is 351 g/mol. The van der Waals surface area contributed by atoms with Crippen molar-refractivity contribution in [2.75, 3.05) is 11.9 Å². The van der Waals surface area contributed by atoms with Gasteiger partial charge in [0, 0.05) is 17.3 Å². The van der Waals surface area contributed by atoms with E-state index in [9.17, 15) is 18.4 Å². The smallest absolute Gasteiger partial charge is 0.331 e. The SMILES string of the molecule is O=C(COC(=O)/C=C/c1c(F)cccc1Cl)Nc1ccc(F)cc1. The van der Waals surface area contributed by atoms with Crippen LogP contribution in [0.5, 0.6) is 0 Å². The molecule has 0 atom stereocenters. The van der Waals surface area contributed by atoms with Gasteiger partial charge in [-0.3, -0.25) is 4.79 Å². The van der Waals surface area contributed by atoms with E-state index in [2.05, 4.69) is 5.32 Å². The number of carbonyl (C=O) groups is 2. The number of hydrogen-bond donors (Lipinski definition) is 1. The van der Waals surface area contributed by atoms with Gasteiger partial charge in [0.05, 0.1) is 5.02 Å². The molecule has 0 bridgehead atoms. The van der Waals surface area contributed by atoms with Crippen LogP contribution < -0.4 is 5.32 Å².